The zero-order valence-corrected chi connectivity index (χ0v) is 15.7. The lowest BCUT2D eigenvalue weighted by molar-refractivity contribution is 0.0734. The summed E-state index contributed by atoms with van der Waals surface area (Å²) in [5.74, 6) is 0.832. The lowest BCUT2D eigenvalue weighted by atomic mass is 9.99. The molecule has 0 aliphatic carbocycles. The van der Waals surface area contributed by atoms with Crippen molar-refractivity contribution < 1.29 is 14.3 Å². The van der Waals surface area contributed by atoms with Gasteiger partial charge in [-0.3, -0.25) is 4.79 Å². The molecule has 0 fully saturated rings. The molecule has 1 amide bonds. The number of carbonyl (C=O) groups excluding carboxylic acids is 1. The molecule has 1 aliphatic heterocycles. The molecule has 26 heavy (non-hydrogen) atoms. The Balaban J connectivity index is 1.73. The van der Waals surface area contributed by atoms with E-state index in [1.165, 1.54) is 11.1 Å². The van der Waals surface area contributed by atoms with Crippen molar-refractivity contribution in [2.75, 3.05) is 20.3 Å². The van der Waals surface area contributed by atoms with Gasteiger partial charge in [-0.05, 0) is 42.2 Å². The number of rotatable bonds is 7. The van der Waals surface area contributed by atoms with Gasteiger partial charge >= 0.3 is 0 Å². The smallest absolute Gasteiger partial charge is 0.254 e. The van der Waals surface area contributed by atoms with E-state index in [-0.39, 0.29) is 5.91 Å². The van der Waals surface area contributed by atoms with Gasteiger partial charge in [0.2, 0.25) is 0 Å². The van der Waals surface area contributed by atoms with E-state index in [1.54, 1.807) is 7.11 Å². The quantitative estimate of drug-likeness (QED) is 0.700. The van der Waals surface area contributed by atoms with E-state index in [1.807, 2.05) is 29.2 Å². The number of hydrogen-bond donors (Lipinski definition) is 0. The zero-order valence-electron chi connectivity index (χ0n) is 15.7. The second-order valence-corrected chi connectivity index (χ2v) is 6.68. The van der Waals surface area contributed by atoms with Crippen LogP contribution in [-0.2, 0) is 24.3 Å². The van der Waals surface area contributed by atoms with E-state index in [9.17, 15) is 4.79 Å². The zero-order chi connectivity index (χ0) is 18.4. The summed E-state index contributed by atoms with van der Waals surface area (Å²) >= 11 is 0. The summed E-state index contributed by atoms with van der Waals surface area (Å²) in [6, 6.07) is 14.0. The van der Waals surface area contributed by atoms with Gasteiger partial charge in [0.05, 0.1) is 13.7 Å². The van der Waals surface area contributed by atoms with Crippen LogP contribution in [0.2, 0.25) is 0 Å². The minimum Gasteiger partial charge on any atom is -0.496 e. The van der Waals surface area contributed by atoms with Crippen molar-refractivity contribution >= 4 is 5.91 Å². The fraction of sp³-hybridized carbons (Fsp3) is 0.409. The van der Waals surface area contributed by atoms with Crippen LogP contribution in [0.4, 0.5) is 0 Å². The molecule has 0 bridgehead atoms. The Kier molecular flexibility index (Phi) is 6.29. The molecule has 0 atom stereocenters. The van der Waals surface area contributed by atoms with E-state index in [0.29, 0.717) is 18.7 Å². The third-order valence-electron chi connectivity index (χ3n) is 4.85. The Morgan fingerprint density at radius 1 is 1.15 bits per heavy atom. The van der Waals surface area contributed by atoms with Crippen molar-refractivity contribution in [2.24, 2.45) is 0 Å². The number of methoxy groups -OCH3 is 1. The molecular formula is C22H27NO3. The minimum absolute atomic E-state index is 0.0666. The fourth-order valence-corrected chi connectivity index (χ4v) is 3.30. The third kappa shape index (κ3) is 4.25. The molecule has 0 spiro atoms. The van der Waals surface area contributed by atoms with Gasteiger partial charge in [0, 0.05) is 30.8 Å². The Bertz CT molecular complexity index is 757. The second-order valence-electron chi connectivity index (χ2n) is 6.68. The highest BCUT2D eigenvalue weighted by molar-refractivity contribution is 5.94. The number of hydrogen-bond acceptors (Lipinski definition) is 3. The van der Waals surface area contributed by atoms with Crippen LogP contribution in [0.5, 0.6) is 5.75 Å². The number of nitrogens with zero attached hydrogens (tertiary/aromatic N) is 1. The topological polar surface area (TPSA) is 38.8 Å². The number of fused-ring (bicyclic) bond motifs is 1. The molecule has 4 nitrogen and oxygen atoms in total. The lowest BCUT2D eigenvalue weighted by Gasteiger charge is -2.29. The normalized spacial score (nSPS) is 13.4. The molecule has 2 aromatic rings. The highest BCUT2D eigenvalue weighted by atomic mass is 16.5. The average Bonchev–Trinajstić information content (AvgIpc) is 2.70. The standard InChI is InChI=1S/C22H27NO3/c1-3-4-13-26-16-20-14-18(9-10-21(20)25-2)22(24)23-12-11-17-7-5-6-8-19(17)15-23/h5-10,14H,3-4,11-13,15-16H2,1-2H3. The lowest BCUT2D eigenvalue weighted by Crippen LogP contribution is -2.36. The first-order valence-electron chi connectivity index (χ1n) is 9.33. The van der Waals surface area contributed by atoms with E-state index < -0.39 is 0 Å². The van der Waals surface area contributed by atoms with Crippen molar-refractivity contribution in [3.8, 4) is 5.75 Å². The SMILES string of the molecule is CCCCOCc1cc(C(=O)N2CCc3ccccc3C2)ccc1OC. The molecule has 138 valence electrons. The summed E-state index contributed by atoms with van der Waals surface area (Å²) in [6.07, 6.45) is 3.05. The van der Waals surface area contributed by atoms with Crippen LogP contribution < -0.4 is 4.74 Å². The number of benzene rings is 2. The first kappa shape index (κ1) is 18.5. The van der Waals surface area contributed by atoms with Gasteiger partial charge in [0.1, 0.15) is 5.75 Å². The molecule has 1 heterocycles. The maximum Gasteiger partial charge on any atom is 0.254 e. The number of carbonyl (C=O) groups is 1. The molecule has 2 aromatic carbocycles. The molecule has 0 saturated carbocycles. The van der Waals surface area contributed by atoms with Crippen molar-refractivity contribution in [2.45, 2.75) is 39.3 Å². The highest BCUT2D eigenvalue weighted by Crippen LogP contribution is 2.24. The van der Waals surface area contributed by atoms with Gasteiger partial charge in [-0.15, -0.1) is 0 Å². The van der Waals surface area contributed by atoms with Gasteiger partial charge in [0.25, 0.3) is 5.91 Å². The second kappa shape index (κ2) is 8.86. The number of unbranched alkanes of at least 4 members (excludes halogenated alkanes) is 1. The Hall–Kier alpha value is -2.33. The summed E-state index contributed by atoms with van der Waals surface area (Å²) in [6.45, 7) is 4.75. The molecule has 0 saturated heterocycles. The van der Waals surface area contributed by atoms with Gasteiger partial charge in [-0.25, -0.2) is 0 Å². The summed E-state index contributed by atoms with van der Waals surface area (Å²) in [4.78, 5) is 14.9. The van der Waals surface area contributed by atoms with Crippen LogP contribution in [0.1, 0.15) is 46.8 Å². The Labute approximate surface area is 155 Å². The summed E-state index contributed by atoms with van der Waals surface area (Å²) < 4.78 is 11.1. The Morgan fingerprint density at radius 3 is 2.73 bits per heavy atom. The van der Waals surface area contributed by atoms with Gasteiger partial charge in [-0.2, -0.15) is 0 Å². The maximum absolute atomic E-state index is 13.0. The van der Waals surface area contributed by atoms with Crippen molar-refractivity contribution in [1.82, 2.24) is 4.90 Å². The maximum atomic E-state index is 13.0. The van der Waals surface area contributed by atoms with Crippen molar-refractivity contribution in [3.63, 3.8) is 0 Å². The van der Waals surface area contributed by atoms with Crippen molar-refractivity contribution in [1.29, 1.82) is 0 Å². The predicted octanol–water partition coefficient (Wildman–Crippen LogP) is 4.21. The van der Waals surface area contributed by atoms with E-state index in [0.717, 1.165) is 43.7 Å². The highest BCUT2D eigenvalue weighted by Gasteiger charge is 2.22. The first-order valence-corrected chi connectivity index (χ1v) is 9.33. The largest absolute Gasteiger partial charge is 0.496 e. The summed E-state index contributed by atoms with van der Waals surface area (Å²) in [7, 11) is 1.65. The van der Waals surface area contributed by atoms with Crippen LogP contribution in [0, 0.1) is 0 Å². The molecule has 4 heteroatoms. The molecule has 0 N–H and O–H groups in total. The van der Waals surface area contributed by atoms with E-state index >= 15 is 0 Å². The van der Waals surface area contributed by atoms with Crippen LogP contribution in [0.3, 0.4) is 0 Å². The van der Waals surface area contributed by atoms with Gasteiger partial charge in [-0.1, -0.05) is 37.6 Å². The fourth-order valence-electron chi connectivity index (χ4n) is 3.30. The number of amides is 1. The van der Waals surface area contributed by atoms with E-state index in [2.05, 4.69) is 25.1 Å². The molecular weight excluding hydrogens is 326 g/mol. The molecule has 0 unspecified atom stereocenters. The first-order chi connectivity index (χ1) is 12.7. The molecule has 1 aliphatic rings. The van der Waals surface area contributed by atoms with Gasteiger partial charge in [0.15, 0.2) is 0 Å². The Morgan fingerprint density at radius 2 is 1.96 bits per heavy atom. The van der Waals surface area contributed by atoms with Crippen molar-refractivity contribution in [3.05, 3.63) is 64.7 Å². The predicted molar refractivity (Wildman–Crippen MR) is 102 cm³/mol. The van der Waals surface area contributed by atoms with Gasteiger partial charge < -0.3 is 14.4 Å². The summed E-state index contributed by atoms with van der Waals surface area (Å²) in [5.41, 5.74) is 4.20. The monoisotopic (exact) mass is 353 g/mol. The van der Waals surface area contributed by atoms with Crippen LogP contribution in [-0.4, -0.2) is 31.1 Å². The van der Waals surface area contributed by atoms with E-state index in [4.69, 9.17) is 9.47 Å². The average molecular weight is 353 g/mol. The molecule has 3 rings (SSSR count). The summed E-state index contributed by atoms with van der Waals surface area (Å²) in [5, 5.41) is 0. The molecule has 0 radical (unpaired) electrons. The van der Waals surface area contributed by atoms with Crippen LogP contribution in [0.15, 0.2) is 42.5 Å². The number of ether oxygens (including phenoxy) is 2. The third-order valence-corrected chi connectivity index (χ3v) is 4.85. The molecule has 0 aromatic heterocycles. The van der Waals surface area contributed by atoms with Crippen LogP contribution >= 0.6 is 0 Å². The minimum atomic E-state index is 0.0666. The van der Waals surface area contributed by atoms with Crippen LogP contribution in [0.25, 0.3) is 0 Å².